The average Bonchev–Trinajstić information content (AvgIpc) is 2.49. The molecule has 0 aliphatic rings. The molecule has 1 atom stereocenters. The maximum Gasteiger partial charge on any atom is 0.204 e. The van der Waals surface area contributed by atoms with Crippen molar-refractivity contribution in [3.05, 3.63) is 57.5 Å². The van der Waals surface area contributed by atoms with Crippen molar-refractivity contribution in [1.29, 1.82) is 0 Å². The van der Waals surface area contributed by atoms with Gasteiger partial charge in [-0.1, -0.05) is 6.92 Å². The summed E-state index contributed by atoms with van der Waals surface area (Å²) in [6, 6.07) is 5.24. The second-order valence-electron chi connectivity index (χ2n) is 5.30. The first kappa shape index (κ1) is 16.3. The Balaban J connectivity index is 2.39. The molecule has 0 aliphatic heterocycles. The monoisotopic (exact) mass is 307 g/mol. The minimum Gasteiger partial charge on any atom is -0.308 e. The van der Waals surface area contributed by atoms with E-state index in [-0.39, 0.29) is 11.5 Å². The van der Waals surface area contributed by atoms with Crippen LogP contribution in [0.15, 0.2) is 29.1 Å². The minimum absolute atomic E-state index is 0.174. The molecule has 0 saturated carbocycles. The predicted octanol–water partition coefficient (Wildman–Crippen LogP) is 2.71. The minimum atomic E-state index is -0.948. The van der Waals surface area contributed by atoms with Crippen LogP contribution >= 0.6 is 0 Å². The smallest absolute Gasteiger partial charge is 0.204 e. The number of nitrogens with one attached hydrogen (secondary N) is 1. The third-order valence-corrected chi connectivity index (χ3v) is 3.56. The van der Waals surface area contributed by atoms with Gasteiger partial charge < -0.3 is 5.32 Å². The van der Waals surface area contributed by atoms with E-state index >= 15 is 0 Å². The van der Waals surface area contributed by atoms with E-state index in [4.69, 9.17) is 0 Å². The van der Waals surface area contributed by atoms with Crippen molar-refractivity contribution in [2.45, 2.75) is 39.8 Å². The third-order valence-electron chi connectivity index (χ3n) is 3.56. The summed E-state index contributed by atoms with van der Waals surface area (Å²) in [6.07, 6.45) is 0.934. The molecule has 0 fully saturated rings. The van der Waals surface area contributed by atoms with E-state index in [1.807, 2.05) is 13.8 Å². The van der Waals surface area contributed by atoms with Crippen molar-refractivity contribution >= 4 is 0 Å². The molecular weight excluding hydrogens is 288 g/mol. The molecule has 0 aliphatic carbocycles. The summed E-state index contributed by atoms with van der Waals surface area (Å²) in [4.78, 5) is 12.0. The summed E-state index contributed by atoms with van der Waals surface area (Å²) in [6.45, 7) is 6.08. The lowest BCUT2D eigenvalue weighted by atomic mass is 10.2. The number of nitrogens with zero attached hydrogens (tertiary/aromatic N) is 2. The fourth-order valence-corrected chi connectivity index (χ4v) is 2.00. The number of rotatable bonds is 5. The Morgan fingerprint density at radius 1 is 1.27 bits per heavy atom. The summed E-state index contributed by atoms with van der Waals surface area (Å²) in [5.74, 6) is -1.86. The Labute approximate surface area is 127 Å². The van der Waals surface area contributed by atoms with Gasteiger partial charge in [0, 0.05) is 30.4 Å². The largest absolute Gasteiger partial charge is 0.308 e. The zero-order valence-electron chi connectivity index (χ0n) is 12.9. The first-order valence-electron chi connectivity index (χ1n) is 7.21. The first-order chi connectivity index (χ1) is 10.4. The van der Waals surface area contributed by atoms with Crippen LogP contribution in [0.1, 0.15) is 31.7 Å². The number of halogens is 2. The van der Waals surface area contributed by atoms with Crippen LogP contribution < -0.4 is 10.7 Å². The number of aryl methyl sites for hydroxylation is 1. The van der Waals surface area contributed by atoms with Crippen LogP contribution in [0.3, 0.4) is 0 Å². The van der Waals surface area contributed by atoms with E-state index in [1.165, 1.54) is 16.8 Å². The fraction of sp³-hybridized carbons (Fsp3) is 0.375. The van der Waals surface area contributed by atoms with Gasteiger partial charge in [-0.25, -0.2) is 13.5 Å². The van der Waals surface area contributed by atoms with Crippen molar-refractivity contribution in [2.24, 2.45) is 0 Å². The van der Waals surface area contributed by atoms with E-state index in [9.17, 15) is 13.6 Å². The summed E-state index contributed by atoms with van der Waals surface area (Å²) in [5, 5.41) is 7.47. The van der Waals surface area contributed by atoms with Gasteiger partial charge in [0.15, 0.2) is 11.6 Å². The zero-order chi connectivity index (χ0) is 16.3. The molecule has 1 unspecified atom stereocenters. The molecule has 1 aromatic heterocycles. The molecule has 0 saturated heterocycles. The highest BCUT2D eigenvalue weighted by Crippen LogP contribution is 2.13. The average molecular weight is 307 g/mol. The van der Waals surface area contributed by atoms with Crippen molar-refractivity contribution in [1.82, 2.24) is 15.1 Å². The normalized spacial score (nSPS) is 12.4. The summed E-state index contributed by atoms with van der Waals surface area (Å²) in [5.41, 5.74) is 1.10. The van der Waals surface area contributed by atoms with Crippen LogP contribution in [0.5, 0.6) is 0 Å². The predicted molar refractivity (Wildman–Crippen MR) is 81.1 cm³/mol. The molecule has 1 N–H and O–H groups in total. The van der Waals surface area contributed by atoms with Crippen LogP contribution in [0.2, 0.25) is 0 Å². The van der Waals surface area contributed by atoms with Gasteiger partial charge in [-0.3, -0.25) is 4.79 Å². The van der Waals surface area contributed by atoms with E-state index in [2.05, 4.69) is 10.4 Å². The van der Waals surface area contributed by atoms with Crippen LogP contribution in [0, 0.1) is 18.6 Å². The summed E-state index contributed by atoms with van der Waals surface area (Å²) in [7, 11) is 0. The van der Waals surface area contributed by atoms with Crippen molar-refractivity contribution in [3.63, 3.8) is 0 Å². The lowest BCUT2D eigenvalue weighted by Gasteiger charge is -2.14. The Morgan fingerprint density at radius 2 is 2.00 bits per heavy atom. The molecule has 6 heteroatoms. The van der Waals surface area contributed by atoms with Crippen LogP contribution in [0.4, 0.5) is 8.78 Å². The van der Waals surface area contributed by atoms with Crippen LogP contribution in [-0.2, 0) is 6.54 Å². The van der Waals surface area contributed by atoms with E-state index in [0.717, 1.165) is 18.6 Å². The molecule has 1 aromatic carbocycles. The Hall–Kier alpha value is -2.08. The lowest BCUT2D eigenvalue weighted by Crippen LogP contribution is -2.29. The van der Waals surface area contributed by atoms with Gasteiger partial charge in [0.2, 0.25) is 5.43 Å². The Bertz CT molecular complexity index is 728. The second-order valence-corrected chi connectivity index (χ2v) is 5.30. The molecule has 4 nitrogen and oxygen atoms in total. The van der Waals surface area contributed by atoms with Gasteiger partial charge in [0.05, 0.1) is 5.69 Å². The molecule has 2 rings (SSSR count). The molecular formula is C16H19F2N3O. The maximum absolute atomic E-state index is 13.4. The van der Waals surface area contributed by atoms with E-state index in [1.54, 1.807) is 6.92 Å². The summed E-state index contributed by atoms with van der Waals surface area (Å²) < 4.78 is 27.9. The van der Waals surface area contributed by atoms with Crippen molar-refractivity contribution in [3.8, 4) is 5.69 Å². The quantitative estimate of drug-likeness (QED) is 0.924. The number of hydrogen-bond acceptors (Lipinski definition) is 3. The van der Waals surface area contributed by atoms with Gasteiger partial charge in [0.1, 0.15) is 5.69 Å². The topological polar surface area (TPSA) is 46.9 Å². The lowest BCUT2D eigenvalue weighted by molar-refractivity contribution is 0.506. The second kappa shape index (κ2) is 6.79. The number of aromatic nitrogens is 2. The van der Waals surface area contributed by atoms with Gasteiger partial charge in [0.25, 0.3) is 0 Å². The Kier molecular flexibility index (Phi) is 5.03. The van der Waals surface area contributed by atoms with Gasteiger partial charge in [-0.15, -0.1) is 0 Å². The highest BCUT2D eigenvalue weighted by Gasteiger charge is 2.10. The Morgan fingerprint density at radius 3 is 2.64 bits per heavy atom. The van der Waals surface area contributed by atoms with Crippen LogP contribution in [0.25, 0.3) is 5.69 Å². The maximum atomic E-state index is 13.4. The molecule has 1 heterocycles. The van der Waals surface area contributed by atoms with Gasteiger partial charge in [-0.05, 0) is 32.4 Å². The molecule has 0 amide bonds. The highest BCUT2D eigenvalue weighted by molar-refractivity contribution is 5.33. The summed E-state index contributed by atoms with van der Waals surface area (Å²) >= 11 is 0. The van der Waals surface area contributed by atoms with Crippen LogP contribution in [-0.4, -0.2) is 15.8 Å². The molecule has 0 radical (unpaired) electrons. The highest BCUT2D eigenvalue weighted by atomic mass is 19.2. The molecule has 0 bridgehead atoms. The standard InChI is InChI=1S/C16H19F2N3O/c1-4-10(2)19-9-15-16(22)7-11(3)21(20-15)12-5-6-13(17)14(18)8-12/h5-8,10,19H,4,9H2,1-3H3. The number of benzene rings is 1. The number of hydrogen-bond donors (Lipinski definition) is 1. The zero-order valence-corrected chi connectivity index (χ0v) is 12.9. The SMILES string of the molecule is CCC(C)NCc1nn(-c2ccc(F)c(F)c2)c(C)cc1=O. The van der Waals surface area contributed by atoms with E-state index in [0.29, 0.717) is 23.6 Å². The van der Waals surface area contributed by atoms with E-state index < -0.39 is 11.6 Å². The molecule has 2 aromatic rings. The molecule has 22 heavy (non-hydrogen) atoms. The van der Waals surface area contributed by atoms with Gasteiger partial charge in [-0.2, -0.15) is 5.10 Å². The molecule has 118 valence electrons. The third kappa shape index (κ3) is 3.57. The fourth-order valence-electron chi connectivity index (χ4n) is 2.00. The van der Waals surface area contributed by atoms with Gasteiger partial charge >= 0.3 is 0 Å². The van der Waals surface area contributed by atoms with Crippen molar-refractivity contribution in [2.75, 3.05) is 0 Å². The first-order valence-corrected chi connectivity index (χ1v) is 7.21. The molecule has 0 spiro atoms. The van der Waals surface area contributed by atoms with Crippen molar-refractivity contribution < 1.29 is 8.78 Å².